The minimum atomic E-state index is -0.597. The summed E-state index contributed by atoms with van der Waals surface area (Å²) < 4.78 is 12.1. The van der Waals surface area contributed by atoms with Gasteiger partial charge in [-0.1, -0.05) is 6.92 Å². The smallest absolute Gasteiger partial charge is 0.255 e. The normalized spacial score (nSPS) is 31.3. The van der Waals surface area contributed by atoms with Crippen LogP contribution in [-0.4, -0.2) is 60.1 Å². The van der Waals surface area contributed by atoms with E-state index < -0.39 is 6.04 Å². The number of ether oxygens (including phenoxy) is 2. The number of benzene rings is 1. The molecular formula is C28H39N3O5. The van der Waals surface area contributed by atoms with E-state index in [4.69, 9.17) is 9.47 Å². The van der Waals surface area contributed by atoms with Crippen LogP contribution in [0.15, 0.2) is 18.2 Å². The Balaban J connectivity index is 1.21. The molecule has 2 aliphatic heterocycles. The van der Waals surface area contributed by atoms with Gasteiger partial charge in [0, 0.05) is 37.7 Å². The summed E-state index contributed by atoms with van der Waals surface area (Å²) in [7, 11) is 1.82. The lowest BCUT2D eigenvalue weighted by Gasteiger charge is -2.36. The molecule has 3 amide bonds. The zero-order valence-electron chi connectivity index (χ0n) is 21.5. The van der Waals surface area contributed by atoms with E-state index in [-0.39, 0.29) is 30.2 Å². The maximum atomic E-state index is 13.0. The molecule has 2 saturated carbocycles. The number of rotatable bonds is 8. The van der Waals surface area contributed by atoms with E-state index in [1.807, 2.05) is 25.3 Å². The predicted octanol–water partition coefficient (Wildman–Crippen LogP) is 3.32. The van der Waals surface area contributed by atoms with E-state index in [1.165, 1.54) is 12.8 Å². The van der Waals surface area contributed by atoms with Crippen LogP contribution in [0.4, 0.5) is 0 Å². The molecule has 196 valence electrons. The number of piperidine rings is 1. The van der Waals surface area contributed by atoms with E-state index in [0.717, 1.165) is 49.8 Å². The van der Waals surface area contributed by atoms with Gasteiger partial charge in [-0.15, -0.1) is 0 Å². The Morgan fingerprint density at radius 3 is 2.61 bits per heavy atom. The van der Waals surface area contributed by atoms with Gasteiger partial charge in [0.15, 0.2) is 0 Å². The maximum absolute atomic E-state index is 13.0. The van der Waals surface area contributed by atoms with Crippen LogP contribution in [0.5, 0.6) is 5.75 Å². The molecule has 2 aliphatic carbocycles. The minimum Gasteiger partial charge on any atom is -0.489 e. The molecule has 5 rings (SSSR count). The molecule has 8 heteroatoms. The third-order valence-corrected chi connectivity index (χ3v) is 8.72. The molecule has 0 bridgehead atoms. The van der Waals surface area contributed by atoms with Gasteiger partial charge in [-0.05, 0) is 87.5 Å². The molecule has 1 unspecified atom stereocenters. The number of nitrogens with one attached hydrogen (secondary N) is 2. The summed E-state index contributed by atoms with van der Waals surface area (Å²) in [6, 6.07) is 5.88. The van der Waals surface area contributed by atoms with E-state index in [2.05, 4.69) is 17.6 Å². The van der Waals surface area contributed by atoms with Crippen molar-refractivity contribution in [2.45, 2.75) is 108 Å². The van der Waals surface area contributed by atoms with Crippen LogP contribution < -0.4 is 15.4 Å². The first kappa shape index (κ1) is 25.2. The molecule has 2 heterocycles. The molecule has 1 saturated heterocycles. The van der Waals surface area contributed by atoms with Gasteiger partial charge in [-0.25, -0.2) is 0 Å². The molecule has 4 aliphatic rings. The molecule has 0 spiro atoms. The second-order valence-corrected chi connectivity index (χ2v) is 10.9. The van der Waals surface area contributed by atoms with Crippen LogP contribution in [0.25, 0.3) is 0 Å². The molecule has 0 aromatic heterocycles. The lowest BCUT2D eigenvalue weighted by molar-refractivity contribution is -0.136. The summed E-state index contributed by atoms with van der Waals surface area (Å²) in [5, 5.41) is 6.31. The molecule has 1 aromatic carbocycles. The van der Waals surface area contributed by atoms with Crippen molar-refractivity contribution in [2.75, 3.05) is 7.11 Å². The third kappa shape index (κ3) is 5.16. The number of methoxy groups -OCH3 is 1. The van der Waals surface area contributed by atoms with Gasteiger partial charge in [0.25, 0.3) is 5.91 Å². The van der Waals surface area contributed by atoms with Crippen molar-refractivity contribution in [3.63, 3.8) is 0 Å². The second kappa shape index (κ2) is 10.9. The predicted molar refractivity (Wildman–Crippen MR) is 135 cm³/mol. The van der Waals surface area contributed by atoms with Crippen LogP contribution in [0.1, 0.15) is 87.1 Å². The molecule has 8 nitrogen and oxygen atoms in total. The fourth-order valence-electron chi connectivity index (χ4n) is 6.65. The minimum absolute atomic E-state index is 0.107. The van der Waals surface area contributed by atoms with Gasteiger partial charge in [0.05, 0.1) is 6.10 Å². The molecule has 2 N–H and O–H groups in total. The Morgan fingerprint density at radius 1 is 1.08 bits per heavy atom. The van der Waals surface area contributed by atoms with E-state index >= 15 is 0 Å². The monoisotopic (exact) mass is 497 g/mol. The number of fused-ring (bicyclic) bond motifs is 1. The summed E-state index contributed by atoms with van der Waals surface area (Å²) in [6.45, 7) is 2.64. The van der Waals surface area contributed by atoms with Crippen LogP contribution in [-0.2, 0) is 20.9 Å². The number of amides is 3. The first-order valence-electron chi connectivity index (χ1n) is 13.7. The number of carbonyl (C=O) groups excluding carboxylic acids is 3. The van der Waals surface area contributed by atoms with Gasteiger partial charge in [0.1, 0.15) is 17.9 Å². The van der Waals surface area contributed by atoms with E-state index in [0.29, 0.717) is 42.6 Å². The largest absolute Gasteiger partial charge is 0.489 e. The molecule has 4 atom stereocenters. The fourth-order valence-corrected chi connectivity index (χ4v) is 6.65. The van der Waals surface area contributed by atoms with Crippen molar-refractivity contribution >= 4 is 17.7 Å². The molecule has 3 fully saturated rings. The van der Waals surface area contributed by atoms with Crippen molar-refractivity contribution in [3.8, 4) is 5.75 Å². The van der Waals surface area contributed by atoms with Crippen molar-refractivity contribution < 1.29 is 23.9 Å². The summed E-state index contributed by atoms with van der Waals surface area (Å²) in [4.78, 5) is 38.4. The Kier molecular flexibility index (Phi) is 7.62. The number of hydrogen-bond donors (Lipinski definition) is 2. The zero-order valence-corrected chi connectivity index (χ0v) is 21.5. The Morgan fingerprint density at radius 2 is 1.89 bits per heavy atom. The number of carbonyl (C=O) groups is 3. The standard InChI is InChI=1S/C28H39N3O5/c1-3-22(17-7-9-19(35-2)10-8-17)29-23-5-4-6-25(23)36-20-11-12-21-18(15-20)16-31(28(21)34)24-13-14-26(32)30-27(24)33/h11-12,15,17,19,22-25,29H,3-10,13-14,16H2,1-2H3,(H,30,32,33)/t17?,19?,22-,23-,24?,25-/m0/s1. The van der Waals surface area contributed by atoms with Gasteiger partial charge in [0.2, 0.25) is 11.8 Å². The van der Waals surface area contributed by atoms with Crippen molar-refractivity contribution in [1.29, 1.82) is 0 Å². The average molecular weight is 498 g/mol. The zero-order chi connectivity index (χ0) is 25.2. The Labute approximate surface area is 213 Å². The fraction of sp³-hybridized carbons (Fsp3) is 0.679. The van der Waals surface area contributed by atoms with E-state index in [1.54, 1.807) is 4.90 Å². The molecule has 0 radical (unpaired) electrons. The first-order valence-corrected chi connectivity index (χ1v) is 13.7. The summed E-state index contributed by atoms with van der Waals surface area (Å²) >= 11 is 0. The summed E-state index contributed by atoms with van der Waals surface area (Å²) in [5.41, 5.74) is 1.50. The molecule has 36 heavy (non-hydrogen) atoms. The molecule has 1 aromatic rings. The molecular weight excluding hydrogens is 458 g/mol. The highest BCUT2D eigenvalue weighted by atomic mass is 16.5. The lowest BCUT2D eigenvalue weighted by atomic mass is 9.81. The van der Waals surface area contributed by atoms with Gasteiger partial charge >= 0.3 is 0 Å². The topological polar surface area (TPSA) is 97.0 Å². The average Bonchev–Trinajstić information content (AvgIpc) is 3.46. The highest BCUT2D eigenvalue weighted by molar-refractivity contribution is 6.05. The van der Waals surface area contributed by atoms with Crippen molar-refractivity contribution in [3.05, 3.63) is 29.3 Å². The Hall–Kier alpha value is -2.45. The summed E-state index contributed by atoms with van der Waals surface area (Å²) in [5.74, 6) is 0.653. The quantitative estimate of drug-likeness (QED) is 0.535. The summed E-state index contributed by atoms with van der Waals surface area (Å²) in [6.07, 6.45) is 10.3. The Bertz CT molecular complexity index is 989. The second-order valence-electron chi connectivity index (χ2n) is 10.9. The van der Waals surface area contributed by atoms with Crippen molar-refractivity contribution in [1.82, 2.24) is 15.5 Å². The first-order chi connectivity index (χ1) is 17.5. The van der Waals surface area contributed by atoms with E-state index in [9.17, 15) is 14.4 Å². The van der Waals surface area contributed by atoms with Gasteiger partial charge in [-0.3, -0.25) is 19.7 Å². The number of hydrogen-bond acceptors (Lipinski definition) is 6. The maximum Gasteiger partial charge on any atom is 0.255 e. The highest BCUT2D eigenvalue weighted by Gasteiger charge is 2.39. The third-order valence-electron chi connectivity index (χ3n) is 8.72. The van der Waals surface area contributed by atoms with Crippen LogP contribution in [0.2, 0.25) is 0 Å². The van der Waals surface area contributed by atoms with Gasteiger partial charge in [-0.2, -0.15) is 0 Å². The number of nitrogens with zero attached hydrogens (tertiary/aromatic N) is 1. The number of imide groups is 1. The van der Waals surface area contributed by atoms with Gasteiger partial charge < -0.3 is 19.7 Å². The van der Waals surface area contributed by atoms with Crippen LogP contribution >= 0.6 is 0 Å². The van der Waals surface area contributed by atoms with Crippen LogP contribution in [0, 0.1) is 5.92 Å². The van der Waals surface area contributed by atoms with Crippen LogP contribution in [0.3, 0.4) is 0 Å². The SMILES string of the molecule is CC[C@H](N[C@H]1CCC[C@@H]1Oc1ccc2c(c1)CN(C1CCC(=O)NC1=O)C2=O)C1CCC(OC)CC1. The lowest BCUT2D eigenvalue weighted by Crippen LogP contribution is -2.52. The van der Waals surface area contributed by atoms with Crippen molar-refractivity contribution in [2.24, 2.45) is 5.92 Å². The highest BCUT2D eigenvalue weighted by Crippen LogP contribution is 2.34.